The Kier molecular flexibility index (Phi) is 5.87. The summed E-state index contributed by atoms with van der Waals surface area (Å²) in [6.45, 7) is 1.27. The van der Waals surface area contributed by atoms with Crippen LogP contribution in [-0.2, 0) is 13.2 Å². The number of rotatable bonds is 8. The first-order chi connectivity index (χ1) is 13.2. The number of nitrogens with one attached hydrogen (secondary N) is 1. The van der Waals surface area contributed by atoms with Gasteiger partial charge in [-0.1, -0.05) is 30.3 Å². The zero-order chi connectivity index (χ0) is 19.2. The summed E-state index contributed by atoms with van der Waals surface area (Å²) in [5.74, 6) is 2.52. The highest BCUT2D eigenvalue weighted by Crippen LogP contribution is 2.39. The first-order valence-electron chi connectivity index (χ1n) is 8.58. The van der Waals surface area contributed by atoms with Crippen molar-refractivity contribution in [1.29, 1.82) is 0 Å². The zero-order valence-electron chi connectivity index (χ0n) is 16.0. The zero-order valence-corrected chi connectivity index (χ0v) is 16.0. The van der Waals surface area contributed by atoms with Crippen molar-refractivity contribution in [2.45, 2.75) is 13.2 Å². The lowest BCUT2D eigenvalue weighted by molar-refractivity contribution is -0.918. The highest BCUT2D eigenvalue weighted by atomic mass is 16.5. The SMILES string of the molecule is COc1ccc(C[NH+](C)Cn2nnc(-c3ccccc3)n2)c(OC)c1OC. The fourth-order valence-corrected chi connectivity index (χ4v) is 2.94. The molecule has 142 valence electrons. The monoisotopic (exact) mass is 370 g/mol. The molecule has 8 nitrogen and oxygen atoms in total. The molecule has 27 heavy (non-hydrogen) atoms. The number of ether oxygens (including phenoxy) is 3. The van der Waals surface area contributed by atoms with Crippen molar-refractivity contribution in [3.63, 3.8) is 0 Å². The third-order valence-electron chi connectivity index (χ3n) is 4.17. The summed E-state index contributed by atoms with van der Waals surface area (Å²) >= 11 is 0. The number of hydrogen-bond acceptors (Lipinski definition) is 6. The highest BCUT2D eigenvalue weighted by molar-refractivity contribution is 5.55. The topological polar surface area (TPSA) is 75.7 Å². The van der Waals surface area contributed by atoms with E-state index >= 15 is 0 Å². The lowest BCUT2D eigenvalue weighted by atomic mass is 10.1. The van der Waals surface area contributed by atoms with Crippen LogP contribution in [0.3, 0.4) is 0 Å². The number of benzene rings is 2. The summed E-state index contributed by atoms with van der Waals surface area (Å²) in [7, 11) is 6.89. The normalized spacial score (nSPS) is 11.9. The molecule has 0 aliphatic heterocycles. The van der Waals surface area contributed by atoms with Gasteiger partial charge >= 0.3 is 0 Å². The third-order valence-corrected chi connectivity index (χ3v) is 4.17. The van der Waals surface area contributed by atoms with Crippen LogP contribution in [0.25, 0.3) is 11.4 Å². The van der Waals surface area contributed by atoms with Crippen LogP contribution in [0.2, 0.25) is 0 Å². The van der Waals surface area contributed by atoms with Gasteiger partial charge in [0.25, 0.3) is 0 Å². The average Bonchev–Trinajstić information content (AvgIpc) is 3.16. The number of aromatic nitrogens is 4. The summed E-state index contributed by atoms with van der Waals surface area (Å²) in [5, 5.41) is 12.8. The van der Waals surface area contributed by atoms with E-state index in [1.807, 2.05) is 42.5 Å². The van der Waals surface area contributed by atoms with Crippen LogP contribution in [0.4, 0.5) is 0 Å². The van der Waals surface area contributed by atoms with Gasteiger partial charge in [0.1, 0.15) is 6.54 Å². The molecule has 0 aliphatic carbocycles. The molecule has 3 rings (SSSR count). The molecule has 1 heterocycles. The van der Waals surface area contributed by atoms with Crippen molar-refractivity contribution in [2.75, 3.05) is 28.4 Å². The number of hydrogen-bond donors (Lipinski definition) is 1. The van der Waals surface area contributed by atoms with E-state index in [0.717, 1.165) is 16.0 Å². The van der Waals surface area contributed by atoms with E-state index in [1.54, 1.807) is 26.1 Å². The molecule has 1 aromatic heterocycles. The fourth-order valence-electron chi connectivity index (χ4n) is 2.94. The van der Waals surface area contributed by atoms with E-state index in [2.05, 4.69) is 22.5 Å². The first kappa shape index (κ1) is 18.7. The van der Waals surface area contributed by atoms with Crippen LogP contribution < -0.4 is 19.1 Å². The van der Waals surface area contributed by atoms with E-state index in [0.29, 0.717) is 36.3 Å². The summed E-state index contributed by atoms with van der Waals surface area (Å²) in [4.78, 5) is 2.77. The maximum Gasteiger partial charge on any atom is 0.205 e. The molecule has 0 amide bonds. The molecule has 3 aromatic rings. The van der Waals surface area contributed by atoms with Gasteiger partial charge in [-0.05, 0) is 17.3 Å². The Morgan fingerprint density at radius 1 is 0.926 bits per heavy atom. The van der Waals surface area contributed by atoms with E-state index in [4.69, 9.17) is 14.2 Å². The second-order valence-electron chi connectivity index (χ2n) is 6.14. The van der Waals surface area contributed by atoms with E-state index < -0.39 is 0 Å². The molecule has 0 saturated heterocycles. The molecule has 2 aromatic carbocycles. The Hall–Kier alpha value is -3.13. The predicted octanol–water partition coefficient (Wildman–Crippen LogP) is 1.04. The van der Waals surface area contributed by atoms with Gasteiger partial charge in [0, 0.05) is 5.56 Å². The van der Waals surface area contributed by atoms with E-state index in [9.17, 15) is 0 Å². The Bertz CT molecular complexity index is 882. The molecule has 0 radical (unpaired) electrons. The molecule has 1 N–H and O–H groups in total. The highest BCUT2D eigenvalue weighted by Gasteiger charge is 2.19. The number of nitrogens with zero attached hydrogens (tertiary/aromatic N) is 4. The van der Waals surface area contributed by atoms with Crippen LogP contribution in [0.1, 0.15) is 5.56 Å². The third kappa shape index (κ3) is 4.17. The quantitative estimate of drug-likeness (QED) is 0.639. The van der Waals surface area contributed by atoms with Crippen molar-refractivity contribution >= 4 is 0 Å². The van der Waals surface area contributed by atoms with Crippen molar-refractivity contribution < 1.29 is 19.1 Å². The van der Waals surface area contributed by atoms with Crippen LogP contribution in [0, 0.1) is 0 Å². The lowest BCUT2D eigenvalue weighted by Crippen LogP contribution is -3.07. The van der Waals surface area contributed by atoms with Crippen LogP contribution in [-0.4, -0.2) is 48.6 Å². The molecule has 1 atom stereocenters. The molecular weight excluding hydrogens is 346 g/mol. The van der Waals surface area contributed by atoms with Gasteiger partial charge in [-0.25, -0.2) is 0 Å². The summed E-state index contributed by atoms with van der Waals surface area (Å²) in [5.41, 5.74) is 1.96. The molecule has 0 bridgehead atoms. The summed E-state index contributed by atoms with van der Waals surface area (Å²) in [6.07, 6.45) is 0. The summed E-state index contributed by atoms with van der Waals surface area (Å²) < 4.78 is 16.3. The van der Waals surface area contributed by atoms with Crippen LogP contribution in [0.15, 0.2) is 42.5 Å². The minimum Gasteiger partial charge on any atom is -0.493 e. The largest absolute Gasteiger partial charge is 0.493 e. The maximum atomic E-state index is 5.55. The molecule has 0 spiro atoms. The first-order valence-corrected chi connectivity index (χ1v) is 8.58. The van der Waals surface area contributed by atoms with Gasteiger partial charge in [0.15, 0.2) is 18.2 Å². The molecule has 0 aliphatic rings. The summed E-state index contributed by atoms with van der Waals surface area (Å²) in [6, 6.07) is 13.7. The molecule has 0 saturated carbocycles. The Labute approximate surface area is 158 Å². The van der Waals surface area contributed by atoms with Crippen molar-refractivity contribution in [3.8, 4) is 28.6 Å². The van der Waals surface area contributed by atoms with Crippen molar-refractivity contribution in [1.82, 2.24) is 20.2 Å². The maximum absolute atomic E-state index is 5.55. The number of quaternary nitrogens is 1. The molecule has 8 heteroatoms. The Morgan fingerprint density at radius 2 is 1.67 bits per heavy atom. The van der Waals surface area contributed by atoms with Gasteiger partial charge in [0.05, 0.1) is 33.9 Å². The Balaban J connectivity index is 1.73. The lowest BCUT2D eigenvalue weighted by Gasteiger charge is -2.18. The minimum atomic E-state index is 0.567. The van der Waals surface area contributed by atoms with Crippen molar-refractivity contribution in [3.05, 3.63) is 48.0 Å². The standard InChI is InChI=1S/C19H23N5O3/c1-23(12-15-10-11-16(25-2)18(27-4)17(15)26-3)13-24-21-19(20-22-24)14-8-6-5-7-9-14/h5-11H,12-13H2,1-4H3/p+1. The van der Waals surface area contributed by atoms with Gasteiger partial charge in [-0.3, -0.25) is 0 Å². The van der Waals surface area contributed by atoms with Gasteiger partial charge in [-0.2, -0.15) is 0 Å². The number of methoxy groups -OCH3 is 3. The smallest absolute Gasteiger partial charge is 0.205 e. The average molecular weight is 370 g/mol. The second-order valence-corrected chi connectivity index (χ2v) is 6.14. The van der Waals surface area contributed by atoms with Gasteiger partial charge < -0.3 is 19.1 Å². The van der Waals surface area contributed by atoms with E-state index in [-0.39, 0.29) is 0 Å². The van der Waals surface area contributed by atoms with Crippen LogP contribution >= 0.6 is 0 Å². The minimum absolute atomic E-state index is 0.567. The molecular formula is C19H24N5O3+. The van der Waals surface area contributed by atoms with E-state index in [1.165, 1.54) is 0 Å². The molecule has 0 fully saturated rings. The van der Waals surface area contributed by atoms with Crippen LogP contribution in [0.5, 0.6) is 17.2 Å². The molecule has 1 unspecified atom stereocenters. The van der Waals surface area contributed by atoms with Gasteiger partial charge in [-0.15, -0.1) is 15.0 Å². The second kappa shape index (κ2) is 8.50. The predicted molar refractivity (Wildman–Crippen MR) is 99.9 cm³/mol. The number of tetrazole rings is 1. The fraction of sp³-hybridized carbons (Fsp3) is 0.316. The van der Waals surface area contributed by atoms with Gasteiger partial charge in [0.2, 0.25) is 11.6 Å². The van der Waals surface area contributed by atoms with Crippen molar-refractivity contribution in [2.24, 2.45) is 0 Å². The Morgan fingerprint density at radius 3 is 2.33 bits per heavy atom.